The van der Waals surface area contributed by atoms with Crippen LogP contribution in [0.4, 0.5) is 5.69 Å². The van der Waals surface area contributed by atoms with Gasteiger partial charge in [-0.15, -0.1) is 0 Å². The fraction of sp³-hybridized carbons (Fsp3) is 0.273. The second-order valence-electron chi connectivity index (χ2n) is 3.64. The molecule has 0 fully saturated rings. The van der Waals surface area contributed by atoms with Gasteiger partial charge >= 0.3 is 0 Å². The number of halogens is 1. The summed E-state index contributed by atoms with van der Waals surface area (Å²) in [7, 11) is 1.91. The second-order valence-corrected chi connectivity index (χ2v) is 4.46. The number of nitrogens with zero attached hydrogens (tertiary/aromatic N) is 3. The monoisotopic (exact) mass is 280 g/mol. The zero-order valence-corrected chi connectivity index (χ0v) is 10.8. The molecule has 0 spiro atoms. The third-order valence-corrected chi connectivity index (χ3v) is 2.73. The van der Waals surface area contributed by atoms with Crippen molar-refractivity contribution in [2.24, 2.45) is 7.05 Å². The SMILES string of the molecule is Cc1nc(Br)ccc1NCc1cnn(C)c1. The van der Waals surface area contributed by atoms with Crippen LogP contribution in [0.5, 0.6) is 0 Å². The molecule has 0 aromatic carbocycles. The molecule has 0 unspecified atom stereocenters. The summed E-state index contributed by atoms with van der Waals surface area (Å²) >= 11 is 3.34. The predicted molar refractivity (Wildman–Crippen MR) is 67.2 cm³/mol. The first-order chi connectivity index (χ1) is 7.65. The second kappa shape index (κ2) is 4.65. The maximum atomic E-state index is 4.32. The average Bonchev–Trinajstić information content (AvgIpc) is 2.63. The number of pyridine rings is 1. The van der Waals surface area contributed by atoms with E-state index in [0.717, 1.165) is 28.1 Å². The van der Waals surface area contributed by atoms with Gasteiger partial charge in [-0.2, -0.15) is 5.10 Å². The summed E-state index contributed by atoms with van der Waals surface area (Å²) in [5.74, 6) is 0. The summed E-state index contributed by atoms with van der Waals surface area (Å²) < 4.78 is 2.65. The van der Waals surface area contributed by atoms with E-state index in [1.54, 1.807) is 4.68 Å². The van der Waals surface area contributed by atoms with Gasteiger partial charge in [0, 0.05) is 25.4 Å². The van der Waals surface area contributed by atoms with Gasteiger partial charge in [-0.3, -0.25) is 4.68 Å². The van der Waals surface area contributed by atoms with Gasteiger partial charge in [-0.1, -0.05) is 0 Å². The highest BCUT2D eigenvalue weighted by atomic mass is 79.9. The van der Waals surface area contributed by atoms with Crippen LogP contribution in [0.3, 0.4) is 0 Å². The first kappa shape index (κ1) is 11.1. The first-order valence-electron chi connectivity index (χ1n) is 4.99. The summed E-state index contributed by atoms with van der Waals surface area (Å²) in [5.41, 5.74) is 3.19. The Morgan fingerprint density at radius 1 is 1.44 bits per heavy atom. The summed E-state index contributed by atoms with van der Waals surface area (Å²) in [6, 6.07) is 3.95. The van der Waals surface area contributed by atoms with Gasteiger partial charge in [0.15, 0.2) is 0 Å². The van der Waals surface area contributed by atoms with Crippen molar-refractivity contribution in [2.45, 2.75) is 13.5 Å². The van der Waals surface area contributed by atoms with Crippen molar-refractivity contribution in [3.05, 3.63) is 40.4 Å². The Labute approximate surface area is 103 Å². The van der Waals surface area contributed by atoms with Gasteiger partial charge in [0.05, 0.1) is 17.6 Å². The molecule has 1 N–H and O–H groups in total. The van der Waals surface area contributed by atoms with E-state index in [9.17, 15) is 0 Å². The zero-order chi connectivity index (χ0) is 11.5. The molecule has 0 atom stereocenters. The minimum absolute atomic E-state index is 0.762. The largest absolute Gasteiger partial charge is 0.379 e. The molecule has 0 saturated carbocycles. The number of aryl methyl sites for hydroxylation is 2. The van der Waals surface area contributed by atoms with E-state index in [-0.39, 0.29) is 0 Å². The molecular formula is C11H13BrN4. The lowest BCUT2D eigenvalue weighted by molar-refractivity contribution is 0.767. The Morgan fingerprint density at radius 2 is 2.25 bits per heavy atom. The lowest BCUT2D eigenvalue weighted by Gasteiger charge is -2.07. The molecule has 2 aromatic rings. The van der Waals surface area contributed by atoms with Crippen LogP contribution in [-0.4, -0.2) is 14.8 Å². The van der Waals surface area contributed by atoms with E-state index in [2.05, 4.69) is 31.3 Å². The van der Waals surface area contributed by atoms with Crippen molar-refractivity contribution in [2.75, 3.05) is 5.32 Å². The number of hydrogen-bond donors (Lipinski definition) is 1. The molecule has 2 aromatic heterocycles. The Hall–Kier alpha value is -1.36. The number of anilines is 1. The fourth-order valence-electron chi connectivity index (χ4n) is 1.48. The van der Waals surface area contributed by atoms with Crippen LogP contribution in [0.1, 0.15) is 11.3 Å². The third-order valence-electron chi connectivity index (χ3n) is 2.29. The molecule has 2 rings (SSSR count). The Balaban J connectivity index is 2.04. The summed E-state index contributed by atoms with van der Waals surface area (Å²) in [6.07, 6.45) is 3.85. The smallest absolute Gasteiger partial charge is 0.106 e. The molecule has 4 nitrogen and oxygen atoms in total. The maximum absolute atomic E-state index is 4.32. The van der Waals surface area contributed by atoms with Crippen LogP contribution < -0.4 is 5.32 Å². The Kier molecular flexibility index (Phi) is 3.24. The van der Waals surface area contributed by atoms with Crippen molar-refractivity contribution >= 4 is 21.6 Å². The molecule has 0 saturated heterocycles. The Morgan fingerprint density at radius 3 is 2.88 bits per heavy atom. The highest BCUT2D eigenvalue weighted by Crippen LogP contribution is 2.16. The zero-order valence-electron chi connectivity index (χ0n) is 9.24. The summed E-state index contributed by atoms with van der Waals surface area (Å²) in [4.78, 5) is 4.32. The summed E-state index contributed by atoms with van der Waals surface area (Å²) in [6.45, 7) is 2.74. The quantitative estimate of drug-likeness (QED) is 0.879. The summed E-state index contributed by atoms with van der Waals surface area (Å²) in [5, 5.41) is 7.45. The fourth-order valence-corrected chi connectivity index (χ4v) is 1.88. The van der Waals surface area contributed by atoms with Crippen molar-refractivity contribution in [1.29, 1.82) is 0 Å². The minimum atomic E-state index is 0.762. The van der Waals surface area contributed by atoms with Gasteiger partial charge in [-0.25, -0.2) is 4.98 Å². The highest BCUT2D eigenvalue weighted by Gasteiger charge is 2.01. The molecule has 0 aliphatic heterocycles. The Bertz CT molecular complexity index is 492. The normalized spacial score (nSPS) is 10.4. The first-order valence-corrected chi connectivity index (χ1v) is 5.79. The van der Waals surface area contributed by atoms with Crippen LogP contribution >= 0.6 is 15.9 Å². The van der Waals surface area contributed by atoms with Gasteiger partial charge < -0.3 is 5.32 Å². The lowest BCUT2D eigenvalue weighted by Crippen LogP contribution is -2.01. The van der Waals surface area contributed by atoms with Gasteiger partial charge in [0.1, 0.15) is 4.60 Å². The molecule has 0 radical (unpaired) electrons. The van der Waals surface area contributed by atoms with Crippen molar-refractivity contribution < 1.29 is 0 Å². The molecule has 2 heterocycles. The molecule has 16 heavy (non-hydrogen) atoms. The van der Waals surface area contributed by atoms with Gasteiger partial charge in [-0.05, 0) is 35.0 Å². The van der Waals surface area contributed by atoms with Crippen LogP contribution in [0, 0.1) is 6.92 Å². The molecule has 84 valence electrons. The standard InChI is InChI=1S/C11H13BrN4/c1-8-10(3-4-11(12)15-8)13-5-9-6-14-16(2)7-9/h3-4,6-7,13H,5H2,1-2H3. The lowest BCUT2D eigenvalue weighted by atomic mass is 10.3. The van der Waals surface area contributed by atoms with E-state index in [0.29, 0.717) is 0 Å². The van der Waals surface area contributed by atoms with Crippen LogP contribution in [0.25, 0.3) is 0 Å². The van der Waals surface area contributed by atoms with Crippen molar-refractivity contribution in [3.8, 4) is 0 Å². The molecule has 5 heteroatoms. The number of nitrogens with one attached hydrogen (secondary N) is 1. The number of hydrogen-bond acceptors (Lipinski definition) is 3. The average molecular weight is 281 g/mol. The predicted octanol–water partition coefficient (Wildman–Crippen LogP) is 2.50. The highest BCUT2D eigenvalue weighted by molar-refractivity contribution is 9.10. The van der Waals surface area contributed by atoms with Crippen LogP contribution in [0.2, 0.25) is 0 Å². The molecule has 0 aliphatic rings. The van der Waals surface area contributed by atoms with Gasteiger partial charge in [0.25, 0.3) is 0 Å². The minimum Gasteiger partial charge on any atom is -0.379 e. The molecule has 0 amide bonds. The maximum Gasteiger partial charge on any atom is 0.106 e. The van der Waals surface area contributed by atoms with Crippen LogP contribution in [-0.2, 0) is 13.6 Å². The van der Waals surface area contributed by atoms with E-state index >= 15 is 0 Å². The van der Waals surface area contributed by atoms with E-state index in [1.165, 1.54) is 0 Å². The van der Waals surface area contributed by atoms with Gasteiger partial charge in [0.2, 0.25) is 0 Å². The molecular weight excluding hydrogens is 268 g/mol. The number of rotatable bonds is 3. The molecule has 0 aliphatic carbocycles. The van der Waals surface area contributed by atoms with Crippen molar-refractivity contribution in [3.63, 3.8) is 0 Å². The van der Waals surface area contributed by atoms with E-state index in [4.69, 9.17) is 0 Å². The topological polar surface area (TPSA) is 42.7 Å². The number of aromatic nitrogens is 3. The molecule has 0 bridgehead atoms. The van der Waals surface area contributed by atoms with E-state index < -0.39 is 0 Å². The van der Waals surface area contributed by atoms with Crippen molar-refractivity contribution in [1.82, 2.24) is 14.8 Å². The third kappa shape index (κ3) is 2.61. The van der Waals surface area contributed by atoms with E-state index in [1.807, 2.05) is 38.5 Å². The van der Waals surface area contributed by atoms with Crippen LogP contribution in [0.15, 0.2) is 29.1 Å².